The molecular formula is C15H19ClFNO. The molecule has 2 rings (SSSR count). The fourth-order valence-electron chi connectivity index (χ4n) is 2.61. The molecular weight excluding hydrogens is 265 g/mol. The predicted molar refractivity (Wildman–Crippen MR) is 74.9 cm³/mol. The lowest BCUT2D eigenvalue weighted by atomic mass is 9.98. The van der Waals surface area contributed by atoms with Crippen LogP contribution >= 0.6 is 11.6 Å². The molecule has 104 valence electrons. The van der Waals surface area contributed by atoms with Crippen LogP contribution in [0.5, 0.6) is 0 Å². The van der Waals surface area contributed by atoms with Gasteiger partial charge < -0.3 is 4.90 Å². The average molecular weight is 284 g/mol. The van der Waals surface area contributed by atoms with Crippen LogP contribution in [0.2, 0.25) is 5.02 Å². The summed E-state index contributed by atoms with van der Waals surface area (Å²) in [7, 11) is 0. The normalized spacial score (nSPS) is 20.2. The molecule has 1 atom stereocenters. The van der Waals surface area contributed by atoms with Crippen LogP contribution in [0.3, 0.4) is 0 Å². The molecule has 1 aromatic rings. The van der Waals surface area contributed by atoms with Crippen molar-refractivity contribution in [2.24, 2.45) is 5.92 Å². The Kier molecular flexibility index (Phi) is 4.81. The second kappa shape index (κ2) is 6.38. The summed E-state index contributed by atoms with van der Waals surface area (Å²) in [5, 5.41) is 0.394. The largest absolute Gasteiger partial charge is 0.339 e. The lowest BCUT2D eigenvalue weighted by Crippen LogP contribution is -2.32. The van der Waals surface area contributed by atoms with Crippen LogP contribution in [-0.4, -0.2) is 23.9 Å². The van der Waals surface area contributed by atoms with Gasteiger partial charge in [-0.15, -0.1) is 0 Å². The maximum absolute atomic E-state index is 13.7. The van der Waals surface area contributed by atoms with Gasteiger partial charge in [0, 0.05) is 18.1 Å². The Morgan fingerprint density at radius 1 is 1.42 bits per heavy atom. The fourth-order valence-corrected chi connectivity index (χ4v) is 2.78. The first kappa shape index (κ1) is 14.3. The van der Waals surface area contributed by atoms with Gasteiger partial charge in [-0.3, -0.25) is 4.79 Å². The molecule has 1 fully saturated rings. The second-order valence-corrected chi connectivity index (χ2v) is 5.56. The highest BCUT2D eigenvalue weighted by Crippen LogP contribution is 2.23. The molecule has 1 saturated heterocycles. The van der Waals surface area contributed by atoms with E-state index in [0.29, 0.717) is 24.0 Å². The number of likely N-dealkylation sites (tertiary alicyclic amines) is 1. The van der Waals surface area contributed by atoms with Gasteiger partial charge in [0.05, 0.1) is 5.56 Å². The summed E-state index contributed by atoms with van der Waals surface area (Å²) in [5.74, 6) is -0.0514. The van der Waals surface area contributed by atoms with Crippen molar-refractivity contribution in [3.63, 3.8) is 0 Å². The summed E-state index contributed by atoms with van der Waals surface area (Å²) in [6.07, 6.45) is 4.29. The number of amides is 1. The number of rotatable bonds is 2. The molecule has 19 heavy (non-hydrogen) atoms. The lowest BCUT2D eigenvalue weighted by Gasteiger charge is -2.21. The number of hydrogen-bond donors (Lipinski definition) is 0. The van der Waals surface area contributed by atoms with Crippen molar-refractivity contribution in [3.8, 4) is 0 Å². The van der Waals surface area contributed by atoms with E-state index in [4.69, 9.17) is 11.6 Å². The number of nitrogens with zero attached hydrogens (tertiary/aromatic N) is 1. The quantitative estimate of drug-likeness (QED) is 0.799. The number of halogens is 2. The summed E-state index contributed by atoms with van der Waals surface area (Å²) < 4.78 is 13.7. The van der Waals surface area contributed by atoms with Gasteiger partial charge in [-0.1, -0.05) is 24.9 Å². The molecule has 1 aromatic carbocycles. The van der Waals surface area contributed by atoms with E-state index in [9.17, 15) is 9.18 Å². The Labute approximate surface area is 118 Å². The van der Waals surface area contributed by atoms with E-state index in [1.165, 1.54) is 18.2 Å². The van der Waals surface area contributed by atoms with Crippen LogP contribution in [-0.2, 0) is 0 Å². The van der Waals surface area contributed by atoms with E-state index >= 15 is 0 Å². The zero-order valence-electron chi connectivity index (χ0n) is 11.2. The van der Waals surface area contributed by atoms with E-state index in [-0.39, 0.29) is 11.5 Å². The third-order valence-corrected chi connectivity index (χ3v) is 4.11. The zero-order valence-corrected chi connectivity index (χ0v) is 11.9. The van der Waals surface area contributed by atoms with E-state index in [1.807, 2.05) is 0 Å². The highest BCUT2D eigenvalue weighted by Gasteiger charge is 2.23. The molecule has 0 spiro atoms. The minimum Gasteiger partial charge on any atom is -0.339 e. The van der Waals surface area contributed by atoms with Crippen LogP contribution < -0.4 is 0 Å². The Morgan fingerprint density at radius 2 is 2.21 bits per heavy atom. The van der Waals surface area contributed by atoms with Gasteiger partial charge in [0.2, 0.25) is 0 Å². The van der Waals surface area contributed by atoms with Gasteiger partial charge in [0.1, 0.15) is 5.82 Å². The third-order valence-electron chi connectivity index (χ3n) is 3.87. The van der Waals surface area contributed by atoms with Crippen molar-refractivity contribution < 1.29 is 9.18 Å². The Bertz CT molecular complexity index is 463. The smallest absolute Gasteiger partial charge is 0.256 e. The number of carbonyl (C=O) groups is 1. The zero-order chi connectivity index (χ0) is 13.8. The average Bonchev–Trinajstić information content (AvgIpc) is 2.66. The molecule has 1 unspecified atom stereocenters. The van der Waals surface area contributed by atoms with Gasteiger partial charge in [-0.25, -0.2) is 4.39 Å². The topological polar surface area (TPSA) is 20.3 Å². The van der Waals surface area contributed by atoms with Crippen LogP contribution in [0, 0.1) is 11.7 Å². The lowest BCUT2D eigenvalue weighted by molar-refractivity contribution is 0.0755. The van der Waals surface area contributed by atoms with Crippen LogP contribution in [0.15, 0.2) is 18.2 Å². The monoisotopic (exact) mass is 283 g/mol. The molecule has 0 aromatic heterocycles. The molecule has 0 aliphatic carbocycles. The maximum atomic E-state index is 13.7. The van der Waals surface area contributed by atoms with Crippen LogP contribution in [0.25, 0.3) is 0 Å². The van der Waals surface area contributed by atoms with Crippen molar-refractivity contribution in [1.29, 1.82) is 0 Å². The molecule has 4 heteroatoms. The molecule has 1 aliphatic rings. The standard InChI is InChI=1S/C15H19ClFNO/c1-2-11-4-3-8-18(9-7-11)15(19)13-10-12(16)5-6-14(13)17/h5-6,10-11H,2-4,7-9H2,1H3. The highest BCUT2D eigenvalue weighted by atomic mass is 35.5. The van der Waals surface area contributed by atoms with Crippen molar-refractivity contribution in [2.75, 3.05) is 13.1 Å². The fraction of sp³-hybridized carbons (Fsp3) is 0.533. The van der Waals surface area contributed by atoms with Crippen molar-refractivity contribution in [2.45, 2.75) is 32.6 Å². The summed E-state index contributed by atoms with van der Waals surface area (Å²) in [4.78, 5) is 14.1. The van der Waals surface area contributed by atoms with E-state index in [0.717, 1.165) is 25.7 Å². The number of carbonyl (C=O) groups excluding carboxylic acids is 1. The van der Waals surface area contributed by atoms with E-state index < -0.39 is 5.82 Å². The van der Waals surface area contributed by atoms with E-state index in [1.54, 1.807) is 4.90 Å². The first-order valence-corrected chi connectivity index (χ1v) is 7.24. The van der Waals surface area contributed by atoms with Crippen molar-refractivity contribution in [1.82, 2.24) is 4.90 Å². The van der Waals surface area contributed by atoms with Crippen molar-refractivity contribution >= 4 is 17.5 Å². The van der Waals surface area contributed by atoms with Crippen LogP contribution in [0.1, 0.15) is 43.0 Å². The predicted octanol–water partition coefficient (Wildman–Crippen LogP) is 4.13. The van der Waals surface area contributed by atoms with Gasteiger partial charge >= 0.3 is 0 Å². The van der Waals surface area contributed by atoms with Crippen molar-refractivity contribution in [3.05, 3.63) is 34.6 Å². The summed E-state index contributed by atoms with van der Waals surface area (Å²) in [6, 6.07) is 4.13. The van der Waals surface area contributed by atoms with Gasteiger partial charge in [-0.2, -0.15) is 0 Å². The summed E-state index contributed by atoms with van der Waals surface area (Å²) >= 11 is 5.84. The molecule has 0 bridgehead atoms. The Morgan fingerprint density at radius 3 is 2.95 bits per heavy atom. The number of hydrogen-bond acceptors (Lipinski definition) is 1. The highest BCUT2D eigenvalue weighted by molar-refractivity contribution is 6.31. The second-order valence-electron chi connectivity index (χ2n) is 5.12. The number of benzene rings is 1. The minimum atomic E-state index is -0.495. The van der Waals surface area contributed by atoms with Crippen LogP contribution in [0.4, 0.5) is 4.39 Å². The van der Waals surface area contributed by atoms with Gasteiger partial charge in [0.25, 0.3) is 5.91 Å². The van der Waals surface area contributed by atoms with Gasteiger partial charge in [0.15, 0.2) is 0 Å². The molecule has 1 amide bonds. The van der Waals surface area contributed by atoms with Gasteiger partial charge in [-0.05, 0) is 43.4 Å². The SMILES string of the molecule is CCC1CCCN(C(=O)c2cc(Cl)ccc2F)CC1. The molecule has 2 nitrogen and oxygen atoms in total. The molecule has 0 saturated carbocycles. The minimum absolute atomic E-state index is 0.0856. The first-order valence-electron chi connectivity index (χ1n) is 6.86. The summed E-state index contributed by atoms with van der Waals surface area (Å²) in [5.41, 5.74) is 0.0856. The molecule has 0 radical (unpaired) electrons. The molecule has 1 aliphatic heterocycles. The maximum Gasteiger partial charge on any atom is 0.256 e. The Hall–Kier alpha value is -1.09. The molecule has 1 heterocycles. The van der Waals surface area contributed by atoms with E-state index in [2.05, 4.69) is 6.92 Å². The summed E-state index contributed by atoms with van der Waals surface area (Å²) in [6.45, 7) is 3.60. The third kappa shape index (κ3) is 3.47. The molecule has 0 N–H and O–H groups in total. The first-order chi connectivity index (χ1) is 9.11. The Balaban J connectivity index is 2.13.